The fourth-order valence-electron chi connectivity index (χ4n) is 2.78. The molecule has 0 saturated heterocycles. The van der Waals surface area contributed by atoms with Gasteiger partial charge in [-0.05, 0) is 35.7 Å². The Kier molecular flexibility index (Phi) is 6.95. The Morgan fingerprint density at radius 3 is 2.46 bits per heavy atom. The Labute approximate surface area is 167 Å². The summed E-state index contributed by atoms with van der Waals surface area (Å²) in [5, 5.41) is 2.73. The largest absolute Gasteiger partial charge is 0.444 e. The number of amides is 1. The zero-order chi connectivity index (χ0) is 20.9. The van der Waals surface area contributed by atoms with Crippen LogP contribution in [-0.4, -0.2) is 16.9 Å². The number of anilines is 1. The molecule has 1 heterocycles. The molecule has 0 spiro atoms. The number of hydrogen-bond donors (Lipinski definition) is 1. The van der Waals surface area contributed by atoms with Crippen LogP contribution in [0.25, 0.3) is 0 Å². The van der Waals surface area contributed by atoms with Crippen LogP contribution in [0.1, 0.15) is 68.7 Å². The van der Waals surface area contributed by atoms with E-state index in [1.54, 1.807) is 12.3 Å². The van der Waals surface area contributed by atoms with Crippen molar-refractivity contribution in [2.24, 2.45) is 5.92 Å². The molecule has 0 unspecified atom stereocenters. The average Bonchev–Trinajstić information content (AvgIpc) is 2.65. The van der Waals surface area contributed by atoms with Gasteiger partial charge in [0.1, 0.15) is 6.61 Å². The molecule has 150 valence electrons. The molecule has 0 aliphatic carbocycles. The van der Waals surface area contributed by atoms with Crippen LogP contribution < -0.4 is 5.32 Å². The van der Waals surface area contributed by atoms with E-state index in [9.17, 15) is 9.59 Å². The monoisotopic (exact) mass is 382 g/mol. The standard InChI is InChI=1S/C23H30N2O3/c1-7-17-9-8-16(12-19(17)21(26)15(2)3)14-28-22(27)25-18-10-11-24-20(13-18)23(4,5)6/h8-13,15H,7,14H2,1-6H3,(H,24,25,27). The normalized spacial score (nSPS) is 11.4. The number of nitrogens with one attached hydrogen (secondary N) is 1. The van der Waals surface area contributed by atoms with Crippen molar-refractivity contribution < 1.29 is 14.3 Å². The van der Waals surface area contributed by atoms with Crippen molar-refractivity contribution >= 4 is 17.6 Å². The van der Waals surface area contributed by atoms with Crippen LogP contribution in [-0.2, 0) is 23.2 Å². The molecule has 28 heavy (non-hydrogen) atoms. The minimum atomic E-state index is -0.539. The first-order valence-corrected chi connectivity index (χ1v) is 9.68. The quantitative estimate of drug-likeness (QED) is 0.667. The predicted molar refractivity (Wildman–Crippen MR) is 112 cm³/mol. The molecule has 0 bridgehead atoms. The zero-order valence-corrected chi connectivity index (χ0v) is 17.6. The Bertz CT molecular complexity index is 851. The van der Waals surface area contributed by atoms with E-state index in [1.807, 2.05) is 45.0 Å². The average molecular weight is 383 g/mol. The zero-order valence-electron chi connectivity index (χ0n) is 17.6. The maximum Gasteiger partial charge on any atom is 0.411 e. The molecule has 5 nitrogen and oxygen atoms in total. The molecule has 1 aromatic heterocycles. The Morgan fingerprint density at radius 1 is 1.14 bits per heavy atom. The third-order valence-electron chi connectivity index (χ3n) is 4.49. The fraction of sp³-hybridized carbons (Fsp3) is 0.435. The Morgan fingerprint density at radius 2 is 1.86 bits per heavy atom. The first kappa shape index (κ1) is 21.6. The van der Waals surface area contributed by atoms with E-state index in [1.165, 1.54) is 0 Å². The van der Waals surface area contributed by atoms with E-state index in [4.69, 9.17) is 4.74 Å². The maximum absolute atomic E-state index is 12.4. The van der Waals surface area contributed by atoms with E-state index >= 15 is 0 Å². The summed E-state index contributed by atoms with van der Waals surface area (Å²) in [7, 11) is 0. The van der Waals surface area contributed by atoms with E-state index in [-0.39, 0.29) is 23.7 Å². The van der Waals surface area contributed by atoms with Crippen LogP contribution in [0.2, 0.25) is 0 Å². The van der Waals surface area contributed by atoms with Crippen molar-refractivity contribution in [3.05, 3.63) is 58.9 Å². The third kappa shape index (κ3) is 5.65. The molecule has 5 heteroatoms. The molecule has 1 aromatic carbocycles. The lowest BCUT2D eigenvalue weighted by Crippen LogP contribution is -2.17. The minimum Gasteiger partial charge on any atom is -0.444 e. The summed E-state index contributed by atoms with van der Waals surface area (Å²) in [5.41, 5.74) is 3.93. The Hall–Kier alpha value is -2.69. The second-order valence-corrected chi connectivity index (χ2v) is 8.24. The van der Waals surface area contributed by atoms with Crippen molar-refractivity contribution in [2.75, 3.05) is 5.32 Å². The van der Waals surface area contributed by atoms with Crippen LogP contribution in [0.4, 0.5) is 10.5 Å². The second-order valence-electron chi connectivity index (χ2n) is 8.24. The molecule has 2 rings (SSSR count). The summed E-state index contributed by atoms with van der Waals surface area (Å²) >= 11 is 0. The number of benzene rings is 1. The molecule has 2 aromatic rings. The highest BCUT2D eigenvalue weighted by molar-refractivity contribution is 5.99. The summed E-state index contributed by atoms with van der Waals surface area (Å²) in [4.78, 5) is 29.0. The highest BCUT2D eigenvalue weighted by Crippen LogP contribution is 2.22. The van der Waals surface area contributed by atoms with Gasteiger partial charge in [-0.3, -0.25) is 15.1 Å². The van der Waals surface area contributed by atoms with Gasteiger partial charge in [0.25, 0.3) is 0 Å². The van der Waals surface area contributed by atoms with Crippen molar-refractivity contribution in [1.29, 1.82) is 0 Å². The number of Topliss-reactive ketones (excluding diaryl/α,β-unsaturated/α-hetero) is 1. The number of hydrogen-bond acceptors (Lipinski definition) is 4. The molecule has 0 saturated carbocycles. The fourth-order valence-corrected chi connectivity index (χ4v) is 2.78. The number of aryl methyl sites for hydroxylation is 1. The lowest BCUT2D eigenvalue weighted by molar-refractivity contribution is 0.0938. The van der Waals surface area contributed by atoms with E-state index in [0.717, 1.165) is 23.2 Å². The van der Waals surface area contributed by atoms with Gasteiger partial charge in [0, 0.05) is 34.5 Å². The summed E-state index contributed by atoms with van der Waals surface area (Å²) in [5.74, 6) is 0.0307. The molecular weight excluding hydrogens is 352 g/mol. The number of ether oxygens (including phenoxy) is 1. The first-order valence-electron chi connectivity index (χ1n) is 9.68. The Balaban J connectivity index is 2.05. The molecule has 0 fully saturated rings. The van der Waals surface area contributed by atoms with E-state index in [0.29, 0.717) is 11.3 Å². The van der Waals surface area contributed by atoms with Crippen molar-refractivity contribution in [3.63, 3.8) is 0 Å². The molecule has 0 radical (unpaired) electrons. The smallest absolute Gasteiger partial charge is 0.411 e. The van der Waals surface area contributed by atoms with Crippen LogP contribution in [0.15, 0.2) is 36.5 Å². The topological polar surface area (TPSA) is 68.3 Å². The first-order chi connectivity index (χ1) is 13.1. The van der Waals surface area contributed by atoms with Gasteiger partial charge in [-0.15, -0.1) is 0 Å². The third-order valence-corrected chi connectivity index (χ3v) is 4.49. The number of nitrogens with zero attached hydrogens (tertiary/aromatic N) is 1. The highest BCUT2D eigenvalue weighted by Gasteiger charge is 2.17. The molecule has 1 N–H and O–H groups in total. The number of rotatable bonds is 6. The molecule has 0 aliphatic heterocycles. The van der Waals surface area contributed by atoms with Crippen LogP contribution in [0.5, 0.6) is 0 Å². The molecule has 1 amide bonds. The molecule has 0 atom stereocenters. The summed E-state index contributed by atoms with van der Waals surface area (Å²) in [6.45, 7) is 12.1. The lowest BCUT2D eigenvalue weighted by atomic mass is 9.91. The molecule has 0 aliphatic rings. The highest BCUT2D eigenvalue weighted by atomic mass is 16.5. The minimum absolute atomic E-state index is 0.0755. The van der Waals surface area contributed by atoms with Crippen LogP contribution in [0, 0.1) is 5.92 Å². The maximum atomic E-state index is 12.4. The van der Waals surface area contributed by atoms with Crippen molar-refractivity contribution in [3.8, 4) is 0 Å². The van der Waals surface area contributed by atoms with Gasteiger partial charge < -0.3 is 4.74 Å². The van der Waals surface area contributed by atoms with Gasteiger partial charge in [0.2, 0.25) is 0 Å². The van der Waals surface area contributed by atoms with Gasteiger partial charge in [0.05, 0.1) is 0 Å². The summed E-state index contributed by atoms with van der Waals surface area (Å²) in [6, 6.07) is 9.24. The molecular formula is C23H30N2O3. The second kappa shape index (κ2) is 9.00. The van der Waals surface area contributed by atoms with E-state index in [2.05, 4.69) is 31.1 Å². The summed E-state index contributed by atoms with van der Waals surface area (Å²) in [6.07, 6.45) is 1.92. The van der Waals surface area contributed by atoms with Gasteiger partial charge in [0.15, 0.2) is 5.78 Å². The lowest BCUT2D eigenvalue weighted by Gasteiger charge is -2.18. The predicted octanol–water partition coefficient (Wildman–Crippen LogP) is 5.53. The summed E-state index contributed by atoms with van der Waals surface area (Å²) < 4.78 is 5.34. The number of carbonyl (C=O) groups excluding carboxylic acids is 2. The van der Waals surface area contributed by atoms with Crippen LogP contribution in [0.3, 0.4) is 0 Å². The van der Waals surface area contributed by atoms with Gasteiger partial charge in [-0.1, -0.05) is 53.7 Å². The number of ketones is 1. The number of pyridine rings is 1. The van der Waals surface area contributed by atoms with Crippen molar-refractivity contribution in [2.45, 2.75) is 60.0 Å². The SMILES string of the molecule is CCc1ccc(COC(=O)Nc2ccnc(C(C)(C)C)c2)cc1C(=O)C(C)C. The van der Waals surface area contributed by atoms with Crippen molar-refractivity contribution in [1.82, 2.24) is 4.98 Å². The number of aromatic nitrogens is 1. The number of carbonyl (C=O) groups is 2. The van der Waals surface area contributed by atoms with Gasteiger partial charge in [-0.25, -0.2) is 4.79 Å². The van der Waals surface area contributed by atoms with Gasteiger partial charge in [-0.2, -0.15) is 0 Å². The van der Waals surface area contributed by atoms with E-state index < -0.39 is 6.09 Å². The van der Waals surface area contributed by atoms with Crippen LogP contribution >= 0.6 is 0 Å². The van der Waals surface area contributed by atoms with Gasteiger partial charge >= 0.3 is 6.09 Å².